The van der Waals surface area contributed by atoms with Gasteiger partial charge in [-0.25, -0.2) is 0 Å². The van der Waals surface area contributed by atoms with E-state index in [2.05, 4.69) is 40.7 Å². The van der Waals surface area contributed by atoms with Crippen LogP contribution in [0.5, 0.6) is 0 Å². The molecule has 0 aromatic rings. The molecule has 0 bridgehead atoms. The molecule has 0 saturated carbocycles. The van der Waals surface area contributed by atoms with Crippen LogP contribution in [0.2, 0.25) is 0 Å². The van der Waals surface area contributed by atoms with Crippen LogP contribution in [0.3, 0.4) is 0 Å². The van der Waals surface area contributed by atoms with E-state index in [4.69, 9.17) is 0 Å². The number of rotatable bonds is 4. The second-order valence-corrected chi connectivity index (χ2v) is 7.10. The molecule has 0 aromatic heterocycles. The first-order valence-corrected chi connectivity index (χ1v) is 8.83. The highest BCUT2D eigenvalue weighted by Gasteiger charge is 2.24. The predicted molar refractivity (Wildman–Crippen MR) is 76.7 cm³/mol. The van der Waals surface area contributed by atoms with Crippen LogP contribution in [0.25, 0.3) is 0 Å². The van der Waals surface area contributed by atoms with E-state index in [0.717, 1.165) is 12.1 Å². The quantitative estimate of drug-likeness (QED) is 0.830. The number of nitrogens with one attached hydrogen (secondary N) is 1. The van der Waals surface area contributed by atoms with Crippen molar-refractivity contribution in [1.82, 2.24) is 10.2 Å². The topological polar surface area (TPSA) is 15.3 Å². The fraction of sp³-hybridized carbons (Fsp3) is 1.00. The molecule has 2 heterocycles. The van der Waals surface area contributed by atoms with Crippen LogP contribution in [0.4, 0.5) is 0 Å². The highest BCUT2D eigenvalue weighted by molar-refractivity contribution is 8.03. The highest BCUT2D eigenvalue weighted by Crippen LogP contribution is 2.18. The Bertz CT molecular complexity index is 193. The molecular formula is C12H24N2S2. The Labute approximate surface area is 108 Å². The zero-order valence-electron chi connectivity index (χ0n) is 10.3. The van der Waals surface area contributed by atoms with Crippen LogP contribution in [-0.4, -0.2) is 59.6 Å². The molecular weight excluding hydrogens is 236 g/mol. The van der Waals surface area contributed by atoms with Gasteiger partial charge in [-0.15, -0.1) is 0 Å². The zero-order valence-corrected chi connectivity index (χ0v) is 11.9. The summed E-state index contributed by atoms with van der Waals surface area (Å²) in [5.74, 6) is 5.32. The summed E-state index contributed by atoms with van der Waals surface area (Å²) in [6.45, 7) is 6.14. The zero-order chi connectivity index (χ0) is 11.2. The number of hydrogen-bond donors (Lipinski definition) is 1. The summed E-state index contributed by atoms with van der Waals surface area (Å²) < 4.78 is 0. The average molecular weight is 260 g/mol. The molecule has 0 radical (unpaired) electrons. The molecule has 0 aliphatic carbocycles. The van der Waals surface area contributed by atoms with Gasteiger partial charge in [-0.3, -0.25) is 0 Å². The standard InChI is InChI=1S/C12H24N2S2/c1-2-4-14-5-3-11(8-14)13-12-9-15-6-7-16-10-12/h11-13H,2-10H2,1H3/t11-/m0/s1. The largest absolute Gasteiger partial charge is 0.308 e. The lowest BCUT2D eigenvalue weighted by Gasteiger charge is -2.21. The van der Waals surface area contributed by atoms with Gasteiger partial charge in [0.15, 0.2) is 0 Å². The minimum Gasteiger partial charge on any atom is -0.308 e. The summed E-state index contributed by atoms with van der Waals surface area (Å²) in [7, 11) is 0. The van der Waals surface area contributed by atoms with Crippen molar-refractivity contribution in [2.24, 2.45) is 0 Å². The molecule has 2 aliphatic heterocycles. The molecule has 2 saturated heterocycles. The molecule has 2 rings (SSSR count). The van der Waals surface area contributed by atoms with Gasteiger partial charge in [-0.05, 0) is 25.9 Å². The molecule has 4 heteroatoms. The van der Waals surface area contributed by atoms with E-state index in [9.17, 15) is 0 Å². The molecule has 2 aliphatic rings. The number of likely N-dealkylation sites (tertiary alicyclic amines) is 1. The smallest absolute Gasteiger partial charge is 0.0251 e. The Morgan fingerprint density at radius 2 is 1.94 bits per heavy atom. The first kappa shape index (κ1) is 13.1. The summed E-state index contributed by atoms with van der Waals surface area (Å²) in [6.07, 6.45) is 2.65. The van der Waals surface area contributed by atoms with Gasteiger partial charge in [0.25, 0.3) is 0 Å². The Balaban J connectivity index is 1.69. The monoisotopic (exact) mass is 260 g/mol. The van der Waals surface area contributed by atoms with Gasteiger partial charge in [-0.1, -0.05) is 6.92 Å². The van der Waals surface area contributed by atoms with Gasteiger partial charge < -0.3 is 10.2 Å². The van der Waals surface area contributed by atoms with Crippen molar-refractivity contribution >= 4 is 23.5 Å². The van der Waals surface area contributed by atoms with Gasteiger partial charge in [0.05, 0.1) is 0 Å². The van der Waals surface area contributed by atoms with Crippen LogP contribution in [-0.2, 0) is 0 Å². The normalized spacial score (nSPS) is 29.4. The van der Waals surface area contributed by atoms with Crippen molar-refractivity contribution in [2.45, 2.75) is 31.8 Å². The summed E-state index contributed by atoms with van der Waals surface area (Å²) in [5.41, 5.74) is 0. The Morgan fingerprint density at radius 3 is 2.62 bits per heavy atom. The summed E-state index contributed by atoms with van der Waals surface area (Å²) >= 11 is 4.24. The maximum absolute atomic E-state index is 3.86. The van der Waals surface area contributed by atoms with E-state index in [-0.39, 0.29) is 0 Å². The predicted octanol–water partition coefficient (Wildman–Crippen LogP) is 1.91. The third-order valence-corrected chi connectivity index (χ3v) is 5.81. The van der Waals surface area contributed by atoms with Crippen LogP contribution in [0.1, 0.15) is 19.8 Å². The van der Waals surface area contributed by atoms with E-state index in [1.807, 2.05) is 0 Å². The highest BCUT2D eigenvalue weighted by atomic mass is 32.2. The van der Waals surface area contributed by atoms with E-state index in [1.54, 1.807) is 0 Å². The molecule has 2 nitrogen and oxygen atoms in total. The molecule has 1 atom stereocenters. The molecule has 2 fully saturated rings. The molecule has 0 unspecified atom stereocenters. The van der Waals surface area contributed by atoms with E-state index in [1.165, 1.54) is 55.5 Å². The molecule has 16 heavy (non-hydrogen) atoms. The summed E-state index contributed by atoms with van der Waals surface area (Å²) in [6, 6.07) is 1.51. The second kappa shape index (κ2) is 7.14. The van der Waals surface area contributed by atoms with Crippen LogP contribution in [0, 0.1) is 0 Å². The van der Waals surface area contributed by atoms with Crippen molar-refractivity contribution in [1.29, 1.82) is 0 Å². The third-order valence-electron chi connectivity index (χ3n) is 3.29. The lowest BCUT2D eigenvalue weighted by Crippen LogP contribution is -2.42. The van der Waals surface area contributed by atoms with Crippen molar-refractivity contribution in [3.8, 4) is 0 Å². The number of nitrogens with zero attached hydrogens (tertiary/aromatic N) is 1. The van der Waals surface area contributed by atoms with E-state index in [0.29, 0.717) is 0 Å². The summed E-state index contributed by atoms with van der Waals surface area (Å²) in [4.78, 5) is 2.61. The second-order valence-electron chi connectivity index (χ2n) is 4.80. The fourth-order valence-corrected chi connectivity index (χ4v) is 4.96. The van der Waals surface area contributed by atoms with Crippen molar-refractivity contribution in [2.75, 3.05) is 42.6 Å². The van der Waals surface area contributed by atoms with Crippen molar-refractivity contribution in [3.05, 3.63) is 0 Å². The minimum absolute atomic E-state index is 0.754. The number of thioether (sulfide) groups is 2. The van der Waals surface area contributed by atoms with Crippen LogP contribution < -0.4 is 5.32 Å². The number of hydrogen-bond acceptors (Lipinski definition) is 4. The molecule has 0 spiro atoms. The van der Waals surface area contributed by atoms with E-state index < -0.39 is 0 Å². The molecule has 1 N–H and O–H groups in total. The first-order chi connectivity index (χ1) is 7.88. The third kappa shape index (κ3) is 4.13. The van der Waals surface area contributed by atoms with Crippen LogP contribution in [0.15, 0.2) is 0 Å². The fourth-order valence-electron chi connectivity index (χ4n) is 2.53. The lowest BCUT2D eigenvalue weighted by molar-refractivity contribution is 0.325. The lowest BCUT2D eigenvalue weighted by atomic mass is 10.2. The molecule has 0 aromatic carbocycles. The maximum Gasteiger partial charge on any atom is 0.0251 e. The maximum atomic E-state index is 3.86. The van der Waals surface area contributed by atoms with Gasteiger partial charge >= 0.3 is 0 Å². The Hall–Kier alpha value is 0.620. The molecule has 0 amide bonds. The average Bonchev–Trinajstić information content (AvgIpc) is 2.56. The van der Waals surface area contributed by atoms with Crippen molar-refractivity contribution in [3.63, 3.8) is 0 Å². The minimum atomic E-state index is 0.754. The Morgan fingerprint density at radius 1 is 1.19 bits per heavy atom. The van der Waals surface area contributed by atoms with Gasteiger partial charge in [-0.2, -0.15) is 23.5 Å². The SMILES string of the molecule is CCCN1CC[C@H](NC2CSCCSC2)C1. The van der Waals surface area contributed by atoms with Crippen molar-refractivity contribution < 1.29 is 0 Å². The van der Waals surface area contributed by atoms with Crippen LogP contribution >= 0.6 is 23.5 Å². The van der Waals surface area contributed by atoms with Gasteiger partial charge in [0, 0.05) is 41.6 Å². The van der Waals surface area contributed by atoms with Gasteiger partial charge in [0.1, 0.15) is 0 Å². The van der Waals surface area contributed by atoms with Gasteiger partial charge in [0.2, 0.25) is 0 Å². The summed E-state index contributed by atoms with van der Waals surface area (Å²) in [5, 5.41) is 3.86. The first-order valence-electron chi connectivity index (χ1n) is 6.52. The van der Waals surface area contributed by atoms with E-state index >= 15 is 0 Å². The molecule has 94 valence electrons. The Kier molecular flexibility index (Phi) is 5.83.